The van der Waals surface area contributed by atoms with E-state index < -0.39 is 0 Å². The minimum atomic E-state index is -0.0577. The van der Waals surface area contributed by atoms with Crippen molar-refractivity contribution in [1.29, 1.82) is 0 Å². The number of ether oxygens (including phenoxy) is 2. The van der Waals surface area contributed by atoms with Gasteiger partial charge in [0.05, 0.1) is 13.2 Å². The molecule has 2 fully saturated rings. The van der Waals surface area contributed by atoms with Crippen LogP contribution in [0, 0.1) is 0 Å². The highest BCUT2D eigenvalue weighted by Crippen LogP contribution is 2.37. The fourth-order valence-corrected chi connectivity index (χ4v) is 3.95. The summed E-state index contributed by atoms with van der Waals surface area (Å²) in [6.07, 6.45) is 3.54. The highest BCUT2D eigenvalue weighted by atomic mass is 16.5. The molecule has 1 aliphatic heterocycles. The van der Waals surface area contributed by atoms with E-state index in [2.05, 4.69) is 16.3 Å². The summed E-state index contributed by atoms with van der Waals surface area (Å²) in [6, 6.07) is 14.0. The minimum absolute atomic E-state index is 0.0531. The molecule has 2 aromatic rings. The van der Waals surface area contributed by atoms with E-state index in [1.807, 2.05) is 36.4 Å². The molecule has 138 valence electrons. The van der Waals surface area contributed by atoms with Crippen LogP contribution in [0.15, 0.2) is 42.5 Å². The van der Waals surface area contributed by atoms with Gasteiger partial charge in [-0.25, -0.2) is 0 Å². The maximum Gasteiger partial charge on any atom is 0.258 e. The number of carbonyl (C=O) groups is 1. The summed E-state index contributed by atoms with van der Waals surface area (Å²) in [4.78, 5) is 14.8. The van der Waals surface area contributed by atoms with Crippen molar-refractivity contribution in [1.82, 2.24) is 10.2 Å². The van der Waals surface area contributed by atoms with Gasteiger partial charge in [-0.2, -0.15) is 0 Å². The molecule has 5 heteroatoms. The van der Waals surface area contributed by atoms with Crippen LogP contribution in [0.1, 0.15) is 19.3 Å². The predicted molar refractivity (Wildman–Crippen MR) is 101 cm³/mol. The molecule has 1 N–H and O–H groups in total. The van der Waals surface area contributed by atoms with Crippen molar-refractivity contribution in [2.24, 2.45) is 0 Å². The molecule has 2 aromatic carbocycles. The lowest BCUT2D eigenvalue weighted by Crippen LogP contribution is -2.62. The van der Waals surface area contributed by atoms with Crippen molar-refractivity contribution in [3.05, 3.63) is 42.5 Å². The zero-order chi connectivity index (χ0) is 17.8. The van der Waals surface area contributed by atoms with Gasteiger partial charge in [-0.05, 0) is 42.2 Å². The van der Waals surface area contributed by atoms with E-state index in [1.54, 1.807) is 0 Å². The summed E-state index contributed by atoms with van der Waals surface area (Å²) in [6.45, 7) is 4.26. The lowest BCUT2D eigenvalue weighted by atomic mass is 9.75. The van der Waals surface area contributed by atoms with Crippen LogP contribution >= 0.6 is 0 Å². The number of morpholine rings is 1. The number of amides is 1. The van der Waals surface area contributed by atoms with E-state index >= 15 is 0 Å². The summed E-state index contributed by atoms with van der Waals surface area (Å²) in [5.74, 6) is 0.670. The molecule has 0 unspecified atom stereocenters. The van der Waals surface area contributed by atoms with Crippen LogP contribution in [0.3, 0.4) is 0 Å². The van der Waals surface area contributed by atoms with Gasteiger partial charge in [-0.15, -0.1) is 0 Å². The molecule has 0 aromatic heterocycles. The third-order valence-electron chi connectivity index (χ3n) is 5.67. The first-order valence-corrected chi connectivity index (χ1v) is 9.46. The van der Waals surface area contributed by atoms with Crippen molar-refractivity contribution < 1.29 is 14.3 Å². The molecule has 0 spiro atoms. The average molecular weight is 354 g/mol. The Morgan fingerprint density at radius 1 is 1.12 bits per heavy atom. The second-order valence-corrected chi connectivity index (χ2v) is 7.25. The molecule has 5 nitrogen and oxygen atoms in total. The molecular weight excluding hydrogens is 328 g/mol. The SMILES string of the molecule is O=C(COc1ccc2ccccc2c1)NCC1(N2CCOCC2)CCC1. The van der Waals surface area contributed by atoms with Gasteiger partial charge >= 0.3 is 0 Å². The van der Waals surface area contributed by atoms with E-state index in [9.17, 15) is 4.79 Å². The Hall–Kier alpha value is -2.11. The van der Waals surface area contributed by atoms with Gasteiger partial charge in [-0.1, -0.05) is 30.3 Å². The maximum absolute atomic E-state index is 12.3. The lowest BCUT2D eigenvalue weighted by molar-refractivity contribution is -0.125. The van der Waals surface area contributed by atoms with Gasteiger partial charge < -0.3 is 14.8 Å². The number of rotatable bonds is 6. The van der Waals surface area contributed by atoms with Gasteiger partial charge in [0.1, 0.15) is 5.75 Å². The van der Waals surface area contributed by atoms with Gasteiger partial charge in [-0.3, -0.25) is 9.69 Å². The Morgan fingerprint density at radius 3 is 2.62 bits per heavy atom. The highest BCUT2D eigenvalue weighted by Gasteiger charge is 2.42. The van der Waals surface area contributed by atoms with Crippen LogP contribution in [0.2, 0.25) is 0 Å². The Morgan fingerprint density at radius 2 is 1.88 bits per heavy atom. The Labute approximate surface area is 154 Å². The van der Waals surface area contributed by atoms with Crippen LogP contribution in [-0.4, -0.2) is 55.8 Å². The van der Waals surface area contributed by atoms with Crippen LogP contribution in [0.4, 0.5) is 0 Å². The third-order valence-corrected chi connectivity index (χ3v) is 5.67. The van der Waals surface area contributed by atoms with Crippen molar-refractivity contribution in [3.63, 3.8) is 0 Å². The molecule has 1 heterocycles. The standard InChI is InChI=1S/C21H26N2O3/c24-20(15-26-19-7-6-17-4-1-2-5-18(17)14-19)22-16-21(8-3-9-21)23-10-12-25-13-11-23/h1-2,4-7,14H,3,8-13,15-16H2,(H,22,24). The van der Waals surface area contributed by atoms with E-state index in [1.165, 1.54) is 11.8 Å². The molecule has 1 aliphatic carbocycles. The first-order valence-electron chi connectivity index (χ1n) is 9.46. The van der Waals surface area contributed by atoms with E-state index in [0.717, 1.165) is 50.3 Å². The van der Waals surface area contributed by atoms with E-state index in [0.29, 0.717) is 6.54 Å². The fourth-order valence-electron chi connectivity index (χ4n) is 3.95. The first kappa shape index (κ1) is 17.3. The zero-order valence-electron chi connectivity index (χ0n) is 15.1. The smallest absolute Gasteiger partial charge is 0.258 e. The molecule has 0 atom stereocenters. The number of nitrogens with zero attached hydrogens (tertiary/aromatic N) is 1. The van der Waals surface area contributed by atoms with Crippen molar-refractivity contribution >= 4 is 16.7 Å². The van der Waals surface area contributed by atoms with Crippen molar-refractivity contribution in [2.75, 3.05) is 39.5 Å². The van der Waals surface area contributed by atoms with Crippen LogP contribution in [0.5, 0.6) is 5.75 Å². The molecule has 0 bridgehead atoms. The number of hydrogen-bond donors (Lipinski definition) is 1. The van der Waals surface area contributed by atoms with Crippen molar-refractivity contribution in [2.45, 2.75) is 24.8 Å². The minimum Gasteiger partial charge on any atom is -0.484 e. The molecule has 1 saturated heterocycles. The number of carbonyl (C=O) groups excluding carboxylic acids is 1. The molecule has 26 heavy (non-hydrogen) atoms. The summed E-state index contributed by atoms with van der Waals surface area (Å²) in [5.41, 5.74) is 0.127. The molecule has 1 saturated carbocycles. The second kappa shape index (κ2) is 7.64. The topological polar surface area (TPSA) is 50.8 Å². The fraction of sp³-hybridized carbons (Fsp3) is 0.476. The summed E-state index contributed by atoms with van der Waals surface area (Å²) in [7, 11) is 0. The lowest BCUT2D eigenvalue weighted by Gasteiger charge is -2.51. The molecule has 4 rings (SSSR count). The van der Waals surface area contributed by atoms with Gasteiger partial charge in [0.25, 0.3) is 5.91 Å². The van der Waals surface area contributed by atoms with Gasteiger partial charge in [0.15, 0.2) is 6.61 Å². The number of fused-ring (bicyclic) bond motifs is 1. The average Bonchev–Trinajstić information content (AvgIpc) is 2.66. The molecule has 1 amide bonds. The Bertz CT molecular complexity index is 767. The molecule has 0 radical (unpaired) electrons. The Balaban J connectivity index is 1.29. The monoisotopic (exact) mass is 354 g/mol. The number of nitrogens with one attached hydrogen (secondary N) is 1. The van der Waals surface area contributed by atoms with Crippen LogP contribution in [-0.2, 0) is 9.53 Å². The first-order chi connectivity index (χ1) is 12.8. The second-order valence-electron chi connectivity index (χ2n) is 7.25. The molecular formula is C21H26N2O3. The predicted octanol–water partition coefficient (Wildman–Crippen LogP) is 2.59. The van der Waals surface area contributed by atoms with E-state index in [4.69, 9.17) is 9.47 Å². The maximum atomic E-state index is 12.3. The summed E-state index contributed by atoms with van der Waals surface area (Å²) >= 11 is 0. The summed E-state index contributed by atoms with van der Waals surface area (Å²) in [5, 5.41) is 5.37. The van der Waals surface area contributed by atoms with Gasteiger partial charge in [0, 0.05) is 25.2 Å². The largest absolute Gasteiger partial charge is 0.484 e. The highest BCUT2D eigenvalue weighted by molar-refractivity contribution is 5.84. The Kier molecular flexibility index (Phi) is 5.09. The summed E-state index contributed by atoms with van der Waals surface area (Å²) < 4.78 is 11.2. The van der Waals surface area contributed by atoms with Crippen molar-refractivity contribution in [3.8, 4) is 5.75 Å². The van der Waals surface area contributed by atoms with E-state index in [-0.39, 0.29) is 18.1 Å². The number of benzene rings is 2. The van der Waals surface area contributed by atoms with Gasteiger partial charge in [0.2, 0.25) is 0 Å². The quantitative estimate of drug-likeness (QED) is 0.866. The number of hydrogen-bond acceptors (Lipinski definition) is 4. The van der Waals surface area contributed by atoms with Crippen LogP contribution in [0.25, 0.3) is 10.8 Å². The zero-order valence-corrected chi connectivity index (χ0v) is 15.1. The normalized spacial score (nSPS) is 19.7. The third kappa shape index (κ3) is 3.69. The molecule has 2 aliphatic rings. The van der Waals surface area contributed by atoms with Crippen LogP contribution < -0.4 is 10.1 Å².